The summed E-state index contributed by atoms with van der Waals surface area (Å²) in [5.41, 5.74) is -0.0275. The highest BCUT2D eigenvalue weighted by molar-refractivity contribution is 6.30. The summed E-state index contributed by atoms with van der Waals surface area (Å²) in [6.45, 7) is 3.93. The van der Waals surface area contributed by atoms with Crippen LogP contribution in [0.1, 0.15) is 51.0 Å². The van der Waals surface area contributed by atoms with Crippen molar-refractivity contribution in [2.75, 3.05) is 7.11 Å². The summed E-state index contributed by atoms with van der Waals surface area (Å²) >= 11 is 5.89. The fourth-order valence-electron chi connectivity index (χ4n) is 3.34. The van der Waals surface area contributed by atoms with E-state index < -0.39 is 5.54 Å². The molecule has 3 atom stereocenters. The fraction of sp³-hybridized carbons (Fsp3) is 0.556. The number of ether oxygens (including phenoxy) is 1. The Morgan fingerprint density at radius 1 is 1.35 bits per heavy atom. The molecular weight excluding hydrogens is 314 g/mol. The Bertz CT molecular complexity index is 572. The lowest BCUT2D eigenvalue weighted by atomic mass is 9.76. The van der Waals surface area contributed by atoms with Crippen LogP contribution in [0.25, 0.3) is 0 Å². The van der Waals surface area contributed by atoms with Gasteiger partial charge < -0.3 is 10.1 Å². The molecule has 0 aliphatic heterocycles. The van der Waals surface area contributed by atoms with E-state index in [-0.39, 0.29) is 17.8 Å². The second-order valence-corrected chi connectivity index (χ2v) is 6.97. The van der Waals surface area contributed by atoms with Crippen molar-refractivity contribution in [3.8, 4) is 0 Å². The number of carbonyl (C=O) groups is 2. The fourth-order valence-corrected chi connectivity index (χ4v) is 3.47. The zero-order chi connectivity index (χ0) is 17.0. The molecule has 1 fully saturated rings. The largest absolute Gasteiger partial charge is 0.467 e. The smallest absolute Gasteiger partial charge is 0.331 e. The molecule has 1 amide bonds. The topological polar surface area (TPSA) is 55.4 Å². The normalized spacial score (nSPS) is 25.5. The summed E-state index contributed by atoms with van der Waals surface area (Å²) in [6, 6.07) is 7.20. The van der Waals surface area contributed by atoms with Gasteiger partial charge in [0.25, 0.3) is 0 Å². The van der Waals surface area contributed by atoms with E-state index in [4.69, 9.17) is 16.3 Å². The van der Waals surface area contributed by atoms with Crippen molar-refractivity contribution in [1.29, 1.82) is 0 Å². The van der Waals surface area contributed by atoms with Gasteiger partial charge in [0.15, 0.2) is 0 Å². The van der Waals surface area contributed by atoms with Gasteiger partial charge in [0.05, 0.1) is 13.0 Å². The molecule has 0 aromatic heterocycles. The maximum Gasteiger partial charge on any atom is 0.331 e. The minimum atomic E-state index is -0.899. The minimum absolute atomic E-state index is 0.160. The average Bonchev–Trinajstić information content (AvgIpc) is 2.54. The lowest BCUT2D eigenvalue weighted by Gasteiger charge is -2.38. The molecule has 0 bridgehead atoms. The van der Waals surface area contributed by atoms with Crippen molar-refractivity contribution in [1.82, 2.24) is 5.32 Å². The molecule has 1 N–H and O–H groups in total. The number of esters is 1. The molecule has 0 spiro atoms. The first-order valence-corrected chi connectivity index (χ1v) is 8.41. The maximum atomic E-state index is 12.7. The lowest BCUT2D eigenvalue weighted by molar-refractivity contribution is -0.153. The van der Waals surface area contributed by atoms with E-state index in [2.05, 4.69) is 12.2 Å². The number of halogens is 1. The zero-order valence-corrected chi connectivity index (χ0v) is 14.7. The van der Waals surface area contributed by atoms with Crippen molar-refractivity contribution in [2.24, 2.45) is 5.92 Å². The minimum Gasteiger partial charge on any atom is -0.467 e. The summed E-state index contributed by atoms with van der Waals surface area (Å²) in [4.78, 5) is 25.0. The quantitative estimate of drug-likeness (QED) is 0.853. The maximum absolute atomic E-state index is 12.7. The Kier molecular flexibility index (Phi) is 5.69. The van der Waals surface area contributed by atoms with Gasteiger partial charge in [-0.15, -0.1) is 0 Å². The van der Waals surface area contributed by atoms with E-state index in [0.29, 0.717) is 23.8 Å². The summed E-state index contributed by atoms with van der Waals surface area (Å²) in [5, 5.41) is 3.61. The van der Waals surface area contributed by atoms with E-state index in [0.717, 1.165) is 18.4 Å². The number of nitrogens with one attached hydrogen (secondary N) is 1. The first-order valence-electron chi connectivity index (χ1n) is 8.04. The Hall–Kier alpha value is -1.55. The van der Waals surface area contributed by atoms with Crippen molar-refractivity contribution in [3.63, 3.8) is 0 Å². The molecule has 1 aromatic carbocycles. The van der Waals surface area contributed by atoms with Crippen molar-refractivity contribution in [2.45, 2.75) is 51.0 Å². The Labute approximate surface area is 142 Å². The third kappa shape index (κ3) is 4.05. The number of benzene rings is 1. The Morgan fingerprint density at radius 2 is 2.00 bits per heavy atom. The van der Waals surface area contributed by atoms with Crippen LogP contribution in [0.15, 0.2) is 24.3 Å². The monoisotopic (exact) mass is 337 g/mol. The van der Waals surface area contributed by atoms with Crippen LogP contribution in [-0.4, -0.2) is 24.5 Å². The SMILES string of the molecule is COC(=O)C1(NC(=O)C(C)c2ccc(Cl)cc2)CCCC(C)C1. The highest BCUT2D eigenvalue weighted by atomic mass is 35.5. The van der Waals surface area contributed by atoms with Gasteiger partial charge >= 0.3 is 5.97 Å². The van der Waals surface area contributed by atoms with Crippen LogP contribution in [0.3, 0.4) is 0 Å². The third-order valence-electron chi connectivity index (χ3n) is 4.70. The van der Waals surface area contributed by atoms with Crippen molar-refractivity contribution >= 4 is 23.5 Å². The van der Waals surface area contributed by atoms with Gasteiger partial charge in [-0.05, 0) is 43.4 Å². The molecule has 1 aliphatic rings. The second-order valence-electron chi connectivity index (χ2n) is 6.54. The number of hydrogen-bond acceptors (Lipinski definition) is 3. The molecule has 1 aromatic rings. The highest BCUT2D eigenvalue weighted by Gasteiger charge is 2.44. The van der Waals surface area contributed by atoms with Crippen LogP contribution in [0.2, 0.25) is 5.02 Å². The zero-order valence-electron chi connectivity index (χ0n) is 13.9. The summed E-state index contributed by atoms with van der Waals surface area (Å²) in [6.07, 6.45) is 3.23. The summed E-state index contributed by atoms with van der Waals surface area (Å²) < 4.78 is 4.97. The van der Waals surface area contributed by atoms with Crippen LogP contribution in [0.4, 0.5) is 0 Å². The molecule has 1 saturated carbocycles. The van der Waals surface area contributed by atoms with Crippen LogP contribution in [0.5, 0.6) is 0 Å². The predicted octanol–water partition coefficient (Wildman–Crippen LogP) is 3.68. The van der Waals surface area contributed by atoms with Gasteiger partial charge in [-0.2, -0.15) is 0 Å². The number of methoxy groups -OCH3 is 1. The molecule has 5 heteroatoms. The van der Waals surface area contributed by atoms with Crippen LogP contribution >= 0.6 is 11.6 Å². The number of carbonyl (C=O) groups excluding carboxylic acids is 2. The molecule has 0 saturated heterocycles. The van der Waals surface area contributed by atoms with Crippen LogP contribution in [0, 0.1) is 5.92 Å². The van der Waals surface area contributed by atoms with Gasteiger partial charge in [0.1, 0.15) is 5.54 Å². The number of hydrogen-bond donors (Lipinski definition) is 1. The molecular formula is C18H24ClNO3. The van der Waals surface area contributed by atoms with Crippen LogP contribution < -0.4 is 5.32 Å². The number of amides is 1. The van der Waals surface area contributed by atoms with Crippen molar-refractivity contribution < 1.29 is 14.3 Å². The average molecular weight is 338 g/mol. The van der Waals surface area contributed by atoms with E-state index in [1.165, 1.54) is 7.11 Å². The van der Waals surface area contributed by atoms with E-state index in [1.807, 2.05) is 19.1 Å². The van der Waals surface area contributed by atoms with E-state index >= 15 is 0 Å². The first kappa shape index (κ1) is 17.8. The third-order valence-corrected chi connectivity index (χ3v) is 4.95. The van der Waals surface area contributed by atoms with Gasteiger partial charge in [-0.1, -0.05) is 43.5 Å². The second kappa shape index (κ2) is 7.35. The molecule has 4 nitrogen and oxygen atoms in total. The molecule has 2 rings (SSSR count). The highest BCUT2D eigenvalue weighted by Crippen LogP contribution is 2.34. The number of rotatable bonds is 4. The molecule has 3 unspecified atom stereocenters. The molecule has 23 heavy (non-hydrogen) atoms. The lowest BCUT2D eigenvalue weighted by Crippen LogP contribution is -2.58. The molecule has 126 valence electrons. The molecule has 0 heterocycles. The molecule has 1 aliphatic carbocycles. The van der Waals surface area contributed by atoms with Gasteiger partial charge in [0.2, 0.25) is 5.91 Å². The predicted molar refractivity (Wildman–Crippen MR) is 90.4 cm³/mol. The molecule has 0 radical (unpaired) electrons. The first-order chi connectivity index (χ1) is 10.9. The van der Waals surface area contributed by atoms with E-state index in [1.54, 1.807) is 12.1 Å². The van der Waals surface area contributed by atoms with Crippen LogP contribution in [-0.2, 0) is 14.3 Å². The van der Waals surface area contributed by atoms with Crippen molar-refractivity contribution in [3.05, 3.63) is 34.9 Å². The Balaban J connectivity index is 2.17. The summed E-state index contributed by atoms with van der Waals surface area (Å²) in [7, 11) is 1.37. The summed E-state index contributed by atoms with van der Waals surface area (Å²) in [5.74, 6) is -0.479. The van der Waals surface area contributed by atoms with Gasteiger partial charge in [0, 0.05) is 5.02 Å². The standard InChI is InChI=1S/C18H24ClNO3/c1-12-5-4-10-18(11-12,17(22)23-3)20-16(21)13(2)14-6-8-15(19)9-7-14/h6-9,12-13H,4-5,10-11H2,1-3H3,(H,20,21). The van der Waals surface area contributed by atoms with E-state index in [9.17, 15) is 9.59 Å². The Morgan fingerprint density at radius 3 is 2.57 bits per heavy atom. The van der Waals surface area contributed by atoms with Gasteiger partial charge in [-0.3, -0.25) is 4.79 Å². The van der Waals surface area contributed by atoms with Gasteiger partial charge in [-0.25, -0.2) is 4.79 Å².